The third kappa shape index (κ3) is 1.92. The average Bonchev–Trinajstić information content (AvgIpc) is 2.74. The van der Waals surface area contributed by atoms with Crippen LogP contribution in [0.4, 0.5) is 8.78 Å². The van der Waals surface area contributed by atoms with Gasteiger partial charge in [-0.1, -0.05) is 0 Å². The van der Waals surface area contributed by atoms with E-state index in [1.54, 1.807) is 0 Å². The van der Waals surface area contributed by atoms with Gasteiger partial charge in [-0.05, 0) is 37.1 Å². The third-order valence-corrected chi connectivity index (χ3v) is 5.06. The highest BCUT2D eigenvalue weighted by Crippen LogP contribution is 2.42. The first kappa shape index (κ1) is 12.0. The Morgan fingerprint density at radius 3 is 2.50 bits per heavy atom. The van der Waals surface area contributed by atoms with Crippen LogP contribution in [0.1, 0.15) is 0 Å². The summed E-state index contributed by atoms with van der Waals surface area (Å²) in [4.78, 5) is -0.498. The molecular formula is C11H12F2N2O2S. The SMILES string of the molecule is O=S(=O)(NC1C2CNCC21)c1ccc(F)cc1F. The van der Waals surface area contributed by atoms with Crippen molar-refractivity contribution < 1.29 is 17.2 Å². The molecule has 0 bridgehead atoms. The Labute approximate surface area is 103 Å². The van der Waals surface area contributed by atoms with Crippen LogP contribution in [0.3, 0.4) is 0 Å². The summed E-state index contributed by atoms with van der Waals surface area (Å²) in [5, 5.41) is 3.14. The van der Waals surface area contributed by atoms with Crippen molar-refractivity contribution in [2.45, 2.75) is 10.9 Å². The molecule has 0 spiro atoms. The van der Waals surface area contributed by atoms with Crippen molar-refractivity contribution in [1.82, 2.24) is 10.0 Å². The van der Waals surface area contributed by atoms with Crippen LogP contribution in [-0.4, -0.2) is 27.5 Å². The van der Waals surface area contributed by atoms with Crippen molar-refractivity contribution in [2.75, 3.05) is 13.1 Å². The van der Waals surface area contributed by atoms with E-state index in [1.807, 2.05) is 0 Å². The zero-order valence-corrected chi connectivity index (χ0v) is 10.2. The lowest BCUT2D eigenvalue weighted by Crippen LogP contribution is -2.33. The fourth-order valence-electron chi connectivity index (χ4n) is 2.53. The van der Waals surface area contributed by atoms with Crippen LogP contribution in [0.5, 0.6) is 0 Å². The maximum Gasteiger partial charge on any atom is 0.243 e. The topological polar surface area (TPSA) is 58.2 Å². The smallest absolute Gasteiger partial charge is 0.243 e. The normalized spacial score (nSPS) is 30.2. The molecule has 2 unspecified atom stereocenters. The molecule has 0 aromatic heterocycles. The molecule has 1 aromatic carbocycles. The van der Waals surface area contributed by atoms with Gasteiger partial charge in [-0.2, -0.15) is 0 Å². The fourth-order valence-corrected chi connectivity index (χ4v) is 3.93. The number of benzene rings is 1. The zero-order valence-electron chi connectivity index (χ0n) is 9.36. The summed E-state index contributed by atoms with van der Waals surface area (Å²) in [7, 11) is -3.91. The summed E-state index contributed by atoms with van der Waals surface area (Å²) in [5.41, 5.74) is 0. The van der Waals surface area contributed by atoms with Crippen molar-refractivity contribution in [2.24, 2.45) is 11.8 Å². The second-order valence-electron chi connectivity index (χ2n) is 4.71. The maximum atomic E-state index is 13.4. The van der Waals surface area contributed by atoms with Gasteiger partial charge in [-0.25, -0.2) is 21.9 Å². The molecule has 3 rings (SSSR count). The number of hydrogen-bond donors (Lipinski definition) is 2. The molecule has 2 fully saturated rings. The number of sulfonamides is 1. The summed E-state index contributed by atoms with van der Waals surface area (Å²) >= 11 is 0. The number of nitrogens with one attached hydrogen (secondary N) is 2. The van der Waals surface area contributed by atoms with Crippen molar-refractivity contribution in [3.05, 3.63) is 29.8 Å². The first-order chi connectivity index (χ1) is 8.49. The van der Waals surface area contributed by atoms with Gasteiger partial charge in [0.05, 0.1) is 0 Å². The number of halogens is 2. The molecule has 1 heterocycles. The Bertz CT molecular complexity index is 581. The lowest BCUT2D eigenvalue weighted by molar-refractivity contribution is 0.537. The van der Waals surface area contributed by atoms with Gasteiger partial charge in [-0.15, -0.1) is 0 Å². The fraction of sp³-hybridized carbons (Fsp3) is 0.455. The van der Waals surface area contributed by atoms with Gasteiger partial charge in [0.1, 0.15) is 16.5 Å². The average molecular weight is 274 g/mol. The molecule has 1 aliphatic heterocycles. The van der Waals surface area contributed by atoms with Crippen molar-refractivity contribution in [3.63, 3.8) is 0 Å². The van der Waals surface area contributed by atoms with Gasteiger partial charge < -0.3 is 5.32 Å². The molecule has 1 saturated carbocycles. The van der Waals surface area contributed by atoms with E-state index in [9.17, 15) is 17.2 Å². The number of hydrogen-bond acceptors (Lipinski definition) is 3. The zero-order chi connectivity index (χ0) is 12.9. The minimum atomic E-state index is -3.91. The van der Waals surface area contributed by atoms with E-state index in [0.29, 0.717) is 17.9 Å². The quantitative estimate of drug-likeness (QED) is 0.842. The maximum absolute atomic E-state index is 13.4. The molecule has 0 radical (unpaired) electrons. The van der Waals surface area contributed by atoms with Gasteiger partial charge in [-0.3, -0.25) is 0 Å². The van der Waals surface area contributed by atoms with E-state index >= 15 is 0 Å². The number of piperidine rings is 1. The Hall–Kier alpha value is -1.05. The predicted octanol–water partition coefficient (Wildman–Crippen LogP) is 0.461. The van der Waals surface area contributed by atoms with Gasteiger partial charge in [0.15, 0.2) is 0 Å². The second-order valence-corrected chi connectivity index (χ2v) is 6.39. The highest BCUT2D eigenvalue weighted by molar-refractivity contribution is 7.89. The lowest BCUT2D eigenvalue weighted by atomic mass is 10.3. The summed E-state index contributed by atoms with van der Waals surface area (Å²) in [5.74, 6) is -1.27. The molecule has 7 heteroatoms. The highest BCUT2D eigenvalue weighted by atomic mass is 32.2. The molecule has 98 valence electrons. The van der Waals surface area contributed by atoms with Crippen LogP contribution in [0.2, 0.25) is 0 Å². The minimum absolute atomic E-state index is 0.124. The predicted molar refractivity (Wildman–Crippen MR) is 60.3 cm³/mol. The van der Waals surface area contributed by atoms with Crippen molar-refractivity contribution in [3.8, 4) is 0 Å². The molecule has 2 atom stereocenters. The van der Waals surface area contributed by atoms with Crippen LogP contribution in [0.15, 0.2) is 23.1 Å². The summed E-state index contributed by atoms with van der Waals surface area (Å²) in [6.45, 7) is 1.56. The largest absolute Gasteiger partial charge is 0.316 e. The Morgan fingerprint density at radius 1 is 1.22 bits per heavy atom. The summed E-state index contributed by atoms with van der Waals surface area (Å²) in [6.07, 6.45) is 0. The van der Waals surface area contributed by atoms with Crippen molar-refractivity contribution in [1.29, 1.82) is 0 Å². The van der Waals surface area contributed by atoms with Crippen LogP contribution in [0.25, 0.3) is 0 Å². The number of rotatable bonds is 3. The monoisotopic (exact) mass is 274 g/mol. The van der Waals surface area contributed by atoms with E-state index in [2.05, 4.69) is 10.0 Å². The Morgan fingerprint density at radius 2 is 1.89 bits per heavy atom. The molecule has 2 aliphatic rings. The molecule has 18 heavy (non-hydrogen) atoms. The van der Waals surface area contributed by atoms with E-state index in [0.717, 1.165) is 25.2 Å². The minimum Gasteiger partial charge on any atom is -0.316 e. The summed E-state index contributed by atoms with van der Waals surface area (Å²) in [6, 6.07) is 2.33. The lowest BCUT2D eigenvalue weighted by Gasteiger charge is -2.09. The van der Waals surface area contributed by atoms with E-state index in [4.69, 9.17) is 0 Å². The molecule has 1 aliphatic carbocycles. The standard InChI is InChI=1S/C11H12F2N2O2S/c12-6-1-2-10(9(13)3-6)18(16,17)15-11-7-4-14-5-8(7)11/h1-3,7-8,11,14-15H,4-5H2. The first-order valence-electron chi connectivity index (χ1n) is 5.67. The summed E-state index contributed by atoms with van der Waals surface area (Å²) < 4.78 is 52.6. The van der Waals surface area contributed by atoms with E-state index in [-0.39, 0.29) is 6.04 Å². The van der Waals surface area contributed by atoms with Gasteiger partial charge in [0.25, 0.3) is 0 Å². The molecule has 4 nitrogen and oxygen atoms in total. The Balaban J connectivity index is 1.82. The Kier molecular flexibility index (Phi) is 2.65. The van der Waals surface area contributed by atoms with Gasteiger partial charge in [0.2, 0.25) is 10.0 Å². The molecule has 2 N–H and O–H groups in total. The van der Waals surface area contributed by atoms with Crippen molar-refractivity contribution >= 4 is 10.0 Å². The molecular weight excluding hydrogens is 262 g/mol. The molecule has 1 aromatic rings. The van der Waals surface area contributed by atoms with E-state index < -0.39 is 26.6 Å². The highest BCUT2D eigenvalue weighted by Gasteiger charge is 2.54. The van der Waals surface area contributed by atoms with E-state index in [1.165, 1.54) is 0 Å². The number of fused-ring (bicyclic) bond motifs is 1. The van der Waals surface area contributed by atoms with Crippen LogP contribution >= 0.6 is 0 Å². The van der Waals surface area contributed by atoms with Crippen LogP contribution in [-0.2, 0) is 10.0 Å². The molecule has 1 saturated heterocycles. The van der Waals surface area contributed by atoms with Gasteiger partial charge >= 0.3 is 0 Å². The molecule has 0 amide bonds. The van der Waals surface area contributed by atoms with Crippen LogP contribution < -0.4 is 10.0 Å². The van der Waals surface area contributed by atoms with Gasteiger partial charge in [0, 0.05) is 12.1 Å². The second kappa shape index (κ2) is 3.97. The van der Waals surface area contributed by atoms with Crippen LogP contribution in [0, 0.1) is 23.5 Å². The first-order valence-corrected chi connectivity index (χ1v) is 7.15. The third-order valence-electron chi connectivity index (χ3n) is 3.57.